The first-order chi connectivity index (χ1) is 13.2. The number of aliphatic hydroxyl groups excluding tert-OH is 1. The van der Waals surface area contributed by atoms with Gasteiger partial charge in [0.15, 0.2) is 11.2 Å². The number of likely N-dealkylation sites (tertiary alicyclic amines) is 1. The number of aliphatic hydroxyl groups is 1. The van der Waals surface area contributed by atoms with Crippen molar-refractivity contribution >= 4 is 22.9 Å². The Bertz CT molecular complexity index is 938. The highest BCUT2D eigenvalue weighted by atomic mass is 16.5. The molecule has 140 valence electrons. The van der Waals surface area contributed by atoms with Gasteiger partial charge in [-0.1, -0.05) is 0 Å². The number of nitrogens with one attached hydrogen (secondary N) is 1. The van der Waals surface area contributed by atoms with Crippen LogP contribution in [0, 0.1) is 0 Å². The predicted octanol–water partition coefficient (Wildman–Crippen LogP) is 2.89. The number of amides is 2. The van der Waals surface area contributed by atoms with Crippen LogP contribution in [0.1, 0.15) is 12.8 Å². The molecule has 1 fully saturated rings. The van der Waals surface area contributed by atoms with Crippen molar-refractivity contribution in [2.75, 3.05) is 25.6 Å². The number of rotatable bonds is 4. The average Bonchev–Trinajstić information content (AvgIpc) is 3.34. The van der Waals surface area contributed by atoms with E-state index in [1.165, 1.54) is 0 Å². The Morgan fingerprint density at radius 1 is 1.44 bits per heavy atom. The zero-order valence-corrected chi connectivity index (χ0v) is 14.9. The number of pyridine rings is 1. The molecule has 0 radical (unpaired) electrons. The molecule has 0 unspecified atom stereocenters. The van der Waals surface area contributed by atoms with Crippen molar-refractivity contribution in [3.8, 4) is 17.2 Å². The second kappa shape index (κ2) is 7.24. The molecule has 0 saturated carbocycles. The number of anilines is 1. The summed E-state index contributed by atoms with van der Waals surface area (Å²) in [5.41, 5.74) is 2.33. The summed E-state index contributed by atoms with van der Waals surface area (Å²) in [6, 6.07) is 8.49. The minimum Gasteiger partial charge on any atom is -0.495 e. The number of oxazole rings is 1. The normalized spacial score (nSPS) is 16.7. The van der Waals surface area contributed by atoms with E-state index in [9.17, 15) is 9.90 Å². The summed E-state index contributed by atoms with van der Waals surface area (Å²) in [4.78, 5) is 22.8. The Morgan fingerprint density at radius 2 is 2.33 bits per heavy atom. The maximum Gasteiger partial charge on any atom is 0.322 e. The van der Waals surface area contributed by atoms with Crippen molar-refractivity contribution in [3.05, 3.63) is 36.5 Å². The molecular formula is C19H20N4O4. The lowest BCUT2D eigenvalue weighted by Crippen LogP contribution is -2.40. The molecule has 1 atom stereocenters. The first-order valence-corrected chi connectivity index (χ1v) is 8.78. The number of urea groups is 1. The number of carbonyl (C=O) groups excluding carboxylic acids is 1. The monoisotopic (exact) mass is 368 g/mol. The van der Waals surface area contributed by atoms with Crippen molar-refractivity contribution in [1.82, 2.24) is 14.9 Å². The standard InChI is InChI=1S/C19H20N4O4/c1-26-15-7-6-12(18-22-17-16(27-18)5-2-8-20-17)10-14(15)21-19(25)23-9-3-4-13(23)11-24/h2,5-8,10,13,24H,3-4,9,11H2,1H3,(H,21,25)/t13-/m0/s1. The molecule has 2 N–H and O–H groups in total. The maximum atomic E-state index is 12.6. The van der Waals surface area contributed by atoms with E-state index in [1.807, 2.05) is 6.07 Å². The summed E-state index contributed by atoms with van der Waals surface area (Å²) in [5, 5.41) is 12.3. The minimum absolute atomic E-state index is 0.0412. The molecule has 4 rings (SSSR count). The van der Waals surface area contributed by atoms with Crippen molar-refractivity contribution in [2.24, 2.45) is 0 Å². The lowest BCUT2D eigenvalue weighted by molar-refractivity contribution is 0.166. The average molecular weight is 368 g/mol. The largest absolute Gasteiger partial charge is 0.495 e. The first kappa shape index (κ1) is 17.3. The number of aromatic nitrogens is 2. The Balaban J connectivity index is 1.63. The summed E-state index contributed by atoms with van der Waals surface area (Å²) in [5.74, 6) is 0.942. The van der Waals surface area contributed by atoms with Gasteiger partial charge in [-0.25, -0.2) is 9.78 Å². The Labute approximate surface area is 155 Å². The summed E-state index contributed by atoms with van der Waals surface area (Å²) in [6.45, 7) is 0.580. The third-order valence-corrected chi connectivity index (χ3v) is 4.70. The highest BCUT2D eigenvalue weighted by Gasteiger charge is 2.28. The molecular weight excluding hydrogens is 348 g/mol. The second-order valence-electron chi connectivity index (χ2n) is 6.36. The van der Waals surface area contributed by atoms with E-state index in [-0.39, 0.29) is 18.7 Å². The van der Waals surface area contributed by atoms with Gasteiger partial charge in [0, 0.05) is 18.3 Å². The van der Waals surface area contributed by atoms with Crippen molar-refractivity contribution in [2.45, 2.75) is 18.9 Å². The molecule has 0 aliphatic carbocycles. The lowest BCUT2D eigenvalue weighted by Gasteiger charge is -2.24. The molecule has 3 aromatic rings. The third-order valence-electron chi connectivity index (χ3n) is 4.70. The summed E-state index contributed by atoms with van der Waals surface area (Å²) in [7, 11) is 1.54. The van der Waals surface area contributed by atoms with Crippen LogP contribution in [0.5, 0.6) is 5.75 Å². The number of benzene rings is 1. The maximum absolute atomic E-state index is 12.6. The second-order valence-corrected chi connectivity index (χ2v) is 6.36. The number of carbonyl (C=O) groups is 1. The van der Waals surface area contributed by atoms with Gasteiger partial charge in [-0.15, -0.1) is 0 Å². The predicted molar refractivity (Wildman–Crippen MR) is 99.6 cm³/mol. The highest BCUT2D eigenvalue weighted by Crippen LogP contribution is 2.32. The van der Waals surface area contributed by atoms with Gasteiger partial charge in [-0.3, -0.25) is 0 Å². The van der Waals surface area contributed by atoms with Crippen LogP contribution in [-0.4, -0.2) is 52.3 Å². The number of ether oxygens (including phenoxy) is 1. The van der Waals surface area contributed by atoms with Crippen LogP contribution in [0.15, 0.2) is 40.9 Å². The van der Waals surface area contributed by atoms with Gasteiger partial charge in [0.05, 0.1) is 25.4 Å². The van der Waals surface area contributed by atoms with E-state index < -0.39 is 0 Å². The van der Waals surface area contributed by atoms with Crippen LogP contribution in [0.2, 0.25) is 0 Å². The number of hydrogen-bond donors (Lipinski definition) is 2. The molecule has 1 saturated heterocycles. The summed E-state index contributed by atoms with van der Waals surface area (Å²) < 4.78 is 11.1. The van der Waals surface area contributed by atoms with Crippen LogP contribution in [0.25, 0.3) is 22.7 Å². The molecule has 3 heterocycles. The van der Waals surface area contributed by atoms with E-state index >= 15 is 0 Å². The lowest BCUT2D eigenvalue weighted by atomic mass is 10.2. The van der Waals surface area contributed by atoms with Crippen LogP contribution >= 0.6 is 0 Å². The fourth-order valence-electron chi connectivity index (χ4n) is 3.31. The zero-order chi connectivity index (χ0) is 18.8. The molecule has 1 aromatic carbocycles. The van der Waals surface area contributed by atoms with Crippen molar-refractivity contribution in [3.63, 3.8) is 0 Å². The molecule has 8 nitrogen and oxygen atoms in total. The van der Waals surface area contributed by atoms with Gasteiger partial charge < -0.3 is 24.5 Å². The van der Waals surface area contributed by atoms with Crippen LogP contribution in [-0.2, 0) is 0 Å². The molecule has 27 heavy (non-hydrogen) atoms. The van der Waals surface area contributed by atoms with Gasteiger partial charge in [0.1, 0.15) is 5.75 Å². The molecule has 8 heteroatoms. The topological polar surface area (TPSA) is 101 Å². The van der Waals surface area contributed by atoms with E-state index in [2.05, 4.69) is 15.3 Å². The molecule has 0 spiro atoms. The fraction of sp³-hybridized carbons (Fsp3) is 0.316. The van der Waals surface area contributed by atoms with Crippen molar-refractivity contribution in [1.29, 1.82) is 0 Å². The quantitative estimate of drug-likeness (QED) is 0.734. The summed E-state index contributed by atoms with van der Waals surface area (Å²) in [6.07, 6.45) is 3.34. The van der Waals surface area contributed by atoms with Crippen molar-refractivity contribution < 1.29 is 19.1 Å². The minimum atomic E-state index is -0.263. The molecule has 1 aliphatic rings. The molecule has 1 aliphatic heterocycles. The van der Waals surface area contributed by atoms with Crippen LogP contribution < -0.4 is 10.1 Å². The smallest absolute Gasteiger partial charge is 0.322 e. The Hall–Kier alpha value is -3.13. The van der Waals surface area contributed by atoms with Gasteiger partial charge >= 0.3 is 6.03 Å². The van der Waals surface area contributed by atoms with Gasteiger partial charge in [0.25, 0.3) is 0 Å². The fourth-order valence-corrected chi connectivity index (χ4v) is 3.31. The Kier molecular flexibility index (Phi) is 4.64. The van der Waals surface area contributed by atoms with E-state index in [4.69, 9.17) is 9.15 Å². The van der Waals surface area contributed by atoms with E-state index in [0.717, 1.165) is 12.8 Å². The Morgan fingerprint density at radius 3 is 3.11 bits per heavy atom. The van der Waals surface area contributed by atoms with Crippen LogP contribution in [0.3, 0.4) is 0 Å². The number of nitrogens with zero attached hydrogens (tertiary/aromatic N) is 3. The van der Waals surface area contributed by atoms with Crippen LogP contribution in [0.4, 0.5) is 10.5 Å². The van der Waals surface area contributed by atoms with Gasteiger partial charge in [-0.05, 0) is 43.2 Å². The van der Waals surface area contributed by atoms with E-state index in [1.54, 1.807) is 42.5 Å². The number of fused-ring (bicyclic) bond motifs is 1. The number of hydrogen-bond acceptors (Lipinski definition) is 6. The summed E-state index contributed by atoms with van der Waals surface area (Å²) >= 11 is 0. The number of methoxy groups -OCH3 is 1. The van der Waals surface area contributed by atoms with E-state index in [0.29, 0.717) is 40.7 Å². The SMILES string of the molecule is COc1ccc(-c2nc3ncccc3o2)cc1NC(=O)N1CCC[C@H]1CO. The first-order valence-electron chi connectivity index (χ1n) is 8.78. The van der Waals surface area contributed by atoms with Gasteiger partial charge in [0.2, 0.25) is 5.89 Å². The highest BCUT2D eigenvalue weighted by molar-refractivity contribution is 5.92. The molecule has 0 bridgehead atoms. The molecule has 2 amide bonds. The zero-order valence-electron chi connectivity index (χ0n) is 14.9. The van der Waals surface area contributed by atoms with Gasteiger partial charge in [-0.2, -0.15) is 4.98 Å². The molecule has 2 aromatic heterocycles. The third kappa shape index (κ3) is 3.31.